The molecule has 1 saturated heterocycles. The van der Waals surface area contributed by atoms with Crippen molar-refractivity contribution in [2.75, 3.05) is 13.2 Å². The van der Waals surface area contributed by atoms with Gasteiger partial charge in [-0.3, -0.25) is 4.68 Å². The van der Waals surface area contributed by atoms with E-state index in [4.69, 9.17) is 9.47 Å². The number of hydrogen-bond acceptors (Lipinski definition) is 3. The Morgan fingerprint density at radius 2 is 2.28 bits per heavy atom. The molecule has 3 rings (SSSR count). The number of aromatic nitrogens is 2. The summed E-state index contributed by atoms with van der Waals surface area (Å²) in [5, 5.41) is 4.54. The third-order valence-corrected chi connectivity index (χ3v) is 4.05. The van der Waals surface area contributed by atoms with Crippen molar-refractivity contribution in [3.63, 3.8) is 0 Å². The molecular formula is C13H19IN2O2. The molecule has 2 aliphatic rings. The highest BCUT2D eigenvalue weighted by Gasteiger charge is 2.27. The van der Waals surface area contributed by atoms with E-state index in [2.05, 4.69) is 38.4 Å². The number of nitrogens with zero attached hydrogens (tertiary/aromatic N) is 2. The molecule has 0 radical (unpaired) electrons. The lowest BCUT2D eigenvalue weighted by Crippen LogP contribution is -2.24. The molecule has 1 aromatic heterocycles. The minimum atomic E-state index is 0.0118. The summed E-state index contributed by atoms with van der Waals surface area (Å²) in [4.78, 5) is 0. The van der Waals surface area contributed by atoms with Crippen LogP contribution in [0.4, 0.5) is 0 Å². The molecular weight excluding hydrogens is 343 g/mol. The lowest BCUT2D eigenvalue weighted by molar-refractivity contribution is -0.163. The first-order valence-electron chi connectivity index (χ1n) is 6.79. The fourth-order valence-electron chi connectivity index (χ4n) is 2.40. The minimum absolute atomic E-state index is 0.0118. The zero-order valence-corrected chi connectivity index (χ0v) is 12.6. The Bertz CT molecular complexity index is 398. The molecule has 100 valence electrons. The minimum Gasteiger partial charge on any atom is -0.353 e. The standard InChI is InChI=1S/C13H19IN2O2/c14-12-9-11(10-4-5-10)16(15-12)6-8-18-13-3-1-2-7-17-13/h9-10,13H,1-8H2. The van der Waals surface area contributed by atoms with Crippen molar-refractivity contribution in [2.24, 2.45) is 0 Å². The van der Waals surface area contributed by atoms with E-state index in [0.717, 1.165) is 29.2 Å². The van der Waals surface area contributed by atoms with E-state index in [0.29, 0.717) is 6.61 Å². The third kappa shape index (κ3) is 3.24. The molecule has 4 nitrogen and oxygen atoms in total. The van der Waals surface area contributed by atoms with Crippen LogP contribution in [0.5, 0.6) is 0 Å². The third-order valence-electron chi connectivity index (χ3n) is 3.52. The predicted octanol–water partition coefficient (Wildman–Crippen LogP) is 2.91. The summed E-state index contributed by atoms with van der Waals surface area (Å²) in [6, 6.07) is 2.20. The Morgan fingerprint density at radius 3 is 3.00 bits per heavy atom. The van der Waals surface area contributed by atoms with Gasteiger partial charge in [0.05, 0.1) is 13.2 Å². The van der Waals surface area contributed by atoms with Crippen LogP contribution < -0.4 is 0 Å². The summed E-state index contributed by atoms with van der Waals surface area (Å²) in [6.45, 7) is 2.38. The van der Waals surface area contributed by atoms with Gasteiger partial charge in [0.1, 0.15) is 3.70 Å². The summed E-state index contributed by atoms with van der Waals surface area (Å²) in [5.41, 5.74) is 1.38. The SMILES string of the molecule is Ic1cc(C2CC2)n(CCOC2CCCCO2)n1. The zero-order valence-electron chi connectivity index (χ0n) is 10.5. The van der Waals surface area contributed by atoms with Crippen molar-refractivity contribution < 1.29 is 9.47 Å². The topological polar surface area (TPSA) is 36.3 Å². The van der Waals surface area contributed by atoms with Crippen molar-refractivity contribution in [3.8, 4) is 0 Å². The van der Waals surface area contributed by atoms with Crippen LogP contribution in [0.25, 0.3) is 0 Å². The number of hydrogen-bond donors (Lipinski definition) is 0. The maximum Gasteiger partial charge on any atom is 0.157 e. The van der Waals surface area contributed by atoms with Gasteiger partial charge in [0, 0.05) is 18.2 Å². The number of rotatable bonds is 5. The first kappa shape index (κ1) is 12.9. The van der Waals surface area contributed by atoms with E-state index in [9.17, 15) is 0 Å². The lowest BCUT2D eigenvalue weighted by Gasteiger charge is -2.22. The van der Waals surface area contributed by atoms with Crippen LogP contribution in [0.15, 0.2) is 6.07 Å². The normalized spacial score (nSPS) is 24.4. The van der Waals surface area contributed by atoms with Crippen molar-refractivity contribution in [3.05, 3.63) is 15.5 Å². The van der Waals surface area contributed by atoms with E-state index < -0.39 is 0 Å². The molecule has 0 aromatic carbocycles. The number of halogens is 1. The van der Waals surface area contributed by atoms with Gasteiger partial charge in [-0.2, -0.15) is 5.10 Å². The number of ether oxygens (including phenoxy) is 2. The quantitative estimate of drug-likeness (QED) is 0.756. The average molecular weight is 362 g/mol. The summed E-state index contributed by atoms with van der Waals surface area (Å²) in [5.74, 6) is 0.743. The molecule has 0 spiro atoms. The molecule has 1 atom stereocenters. The highest BCUT2D eigenvalue weighted by Crippen LogP contribution is 2.40. The molecule has 1 saturated carbocycles. The van der Waals surface area contributed by atoms with Crippen molar-refractivity contribution >= 4 is 22.6 Å². The monoisotopic (exact) mass is 362 g/mol. The molecule has 2 heterocycles. The molecule has 0 N–H and O–H groups in total. The van der Waals surface area contributed by atoms with Crippen LogP contribution in [0, 0.1) is 3.70 Å². The second-order valence-electron chi connectivity index (χ2n) is 5.06. The molecule has 1 aliphatic heterocycles. The van der Waals surface area contributed by atoms with E-state index in [-0.39, 0.29) is 6.29 Å². The van der Waals surface area contributed by atoms with E-state index >= 15 is 0 Å². The molecule has 5 heteroatoms. The van der Waals surface area contributed by atoms with Gasteiger partial charge >= 0.3 is 0 Å². The maximum atomic E-state index is 5.77. The van der Waals surface area contributed by atoms with Gasteiger partial charge in [0.25, 0.3) is 0 Å². The smallest absolute Gasteiger partial charge is 0.157 e. The largest absolute Gasteiger partial charge is 0.353 e. The second-order valence-corrected chi connectivity index (χ2v) is 6.16. The summed E-state index contributed by atoms with van der Waals surface area (Å²) in [6.07, 6.45) is 6.06. The Labute approximate surface area is 121 Å². The van der Waals surface area contributed by atoms with Gasteiger partial charge in [-0.25, -0.2) is 0 Å². The fourth-order valence-corrected chi connectivity index (χ4v) is 2.98. The fraction of sp³-hybridized carbons (Fsp3) is 0.769. The molecule has 0 bridgehead atoms. The molecule has 1 aliphatic carbocycles. The first-order chi connectivity index (χ1) is 8.83. The van der Waals surface area contributed by atoms with Crippen molar-refractivity contribution in [2.45, 2.75) is 50.9 Å². The van der Waals surface area contributed by atoms with Gasteiger partial charge in [-0.1, -0.05) is 0 Å². The van der Waals surface area contributed by atoms with E-state index in [1.165, 1.54) is 31.4 Å². The van der Waals surface area contributed by atoms with Crippen molar-refractivity contribution in [1.82, 2.24) is 9.78 Å². The van der Waals surface area contributed by atoms with Gasteiger partial charge < -0.3 is 9.47 Å². The van der Waals surface area contributed by atoms with E-state index in [1.54, 1.807) is 0 Å². The summed E-state index contributed by atoms with van der Waals surface area (Å²) >= 11 is 2.28. The Morgan fingerprint density at radius 1 is 1.39 bits per heavy atom. The van der Waals surface area contributed by atoms with Crippen LogP contribution in [0.1, 0.15) is 43.7 Å². The van der Waals surface area contributed by atoms with Crippen LogP contribution in [-0.4, -0.2) is 29.3 Å². The van der Waals surface area contributed by atoms with Crippen LogP contribution >= 0.6 is 22.6 Å². The van der Waals surface area contributed by atoms with Crippen molar-refractivity contribution in [1.29, 1.82) is 0 Å². The molecule has 1 aromatic rings. The first-order valence-corrected chi connectivity index (χ1v) is 7.87. The van der Waals surface area contributed by atoms with E-state index in [1.807, 2.05) is 0 Å². The van der Waals surface area contributed by atoms with Crippen LogP contribution in [0.2, 0.25) is 0 Å². The van der Waals surface area contributed by atoms with Crippen LogP contribution in [-0.2, 0) is 16.0 Å². The molecule has 2 fully saturated rings. The van der Waals surface area contributed by atoms with Gasteiger partial charge in [-0.05, 0) is 60.8 Å². The van der Waals surface area contributed by atoms with Gasteiger partial charge in [0.15, 0.2) is 6.29 Å². The maximum absolute atomic E-state index is 5.77. The molecule has 1 unspecified atom stereocenters. The lowest BCUT2D eigenvalue weighted by atomic mass is 10.2. The van der Waals surface area contributed by atoms with Gasteiger partial charge in [0.2, 0.25) is 0 Å². The summed E-state index contributed by atoms with van der Waals surface area (Å²) in [7, 11) is 0. The molecule has 0 amide bonds. The second kappa shape index (κ2) is 5.88. The Kier molecular flexibility index (Phi) is 4.20. The Balaban J connectivity index is 1.50. The summed E-state index contributed by atoms with van der Waals surface area (Å²) < 4.78 is 14.5. The molecule has 18 heavy (non-hydrogen) atoms. The Hall–Kier alpha value is -0.140. The predicted molar refractivity (Wildman–Crippen MR) is 76.5 cm³/mol. The highest BCUT2D eigenvalue weighted by atomic mass is 127. The van der Waals surface area contributed by atoms with Gasteiger partial charge in [-0.15, -0.1) is 0 Å². The highest BCUT2D eigenvalue weighted by molar-refractivity contribution is 14.1. The average Bonchev–Trinajstić information content (AvgIpc) is 3.15. The van der Waals surface area contributed by atoms with Crippen LogP contribution in [0.3, 0.4) is 0 Å². The zero-order chi connectivity index (χ0) is 12.4.